The minimum atomic E-state index is -0.494. The van der Waals surface area contributed by atoms with Crippen LogP contribution in [0.1, 0.15) is 48.4 Å². The summed E-state index contributed by atoms with van der Waals surface area (Å²) in [6.45, 7) is 7.17. The van der Waals surface area contributed by atoms with E-state index in [9.17, 15) is 9.59 Å². The van der Waals surface area contributed by atoms with E-state index in [1.165, 1.54) is 0 Å². The molecule has 2 aromatic carbocycles. The van der Waals surface area contributed by atoms with Gasteiger partial charge in [-0.1, -0.05) is 36.4 Å². The number of hydrogen-bond acceptors (Lipinski definition) is 4. The number of allylic oxidation sites excluding steroid dienone is 4. The molecular formula is C24H22O4. The molecule has 0 unspecified atom stereocenters. The number of carbonyl (C=O) groups excluding carboxylic acids is 2. The quantitative estimate of drug-likeness (QED) is 0.414. The number of ether oxygens (including phenoxy) is 2. The van der Waals surface area contributed by atoms with E-state index in [1.807, 2.05) is 12.1 Å². The minimum absolute atomic E-state index is 0.225. The molecule has 0 aliphatic carbocycles. The Hall–Kier alpha value is -3.58. The van der Waals surface area contributed by atoms with Crippen LogP contribution in [0.15, 0.2) is 83.3 Å². The van der Waals surface area contributed by atoms with Crippen LogP contribution in [0, 0.1) is 11.8 Å². The molecule has 0 fully saturated rings. The van der Waals surface area contributed by atoms with Gasteiger partial charge in [-0.25, -0.2) is 9.59 Å². The van der Waals surface area contributed by atoms with Gasteiger partial charge in [-0.05, 0) is 74.9 Å². The molecule has 0 radical (unpaired) electrons. The maximum atomic E-state index is 12.3. The molecule has 4 nitrogen and oxygen atoms in total. The Morgan fingerprint density at radius 1 is 0.607 bits per heavy atom. The van der Waals surface area contributed by atoms with E-state index in [4.69, 9.17) is 9.47 Å². The van der Waals surface area contributed by atoms with E-state index in [-0.39, 0.29) is 11.5 Å². The summed E-state index contributed by atoms with van der Waals surface area (Å²) in [5.41, 5.74) is 2.33. The van der Waals surface area contributed by atoms with Crippen molar-refractivity contribution < 1.29 is 19.1 Å². The second kappa shape index (κ2) is 9.94. The molecular weight excluding hydrogens is 352 g/mol. The molecule has 2 aromatic rings. The third kappa shape index (κ3) is 6.00. The van der Waals surface area contributed by atoms with Gasteiger partial charge in [0.05, 0.1) is 11.1 Å². The smallest absolute Gasteiger partial charge is 0.344 e. The highest BCUT2D eigenvalue weighted by molar-refractivity contribution is 5.91. The van der Waals surface area contributed by atoms with Crippen LogP contribution in [-0.4, -0.2) is 11.9 Å². The first-order valence-corrected chi connectivity index (χ1v) is 8.80. The molecule has 0 aliphatic rings. The summed E-state index contributed by atoms with van der Waals surface area (Å²) in [7, 11) is 0. The number of esters is 2. The summed E-state index contributed by atoms with van der Waals surface area (Å²) >= 11 is 0. The first-order chi connectivity index (χ1) is 13.4. The lowest BCUT2D eigenvalue weighted by Crippen LogP contribution is -2.06. The molecule has 0 aliphatic heterocycles. The molecule has 0 amide bonds. The van der Waals surface area contributed by atoms with Gasteiger partial charge in [-0.2, -0.15) is 0 Å². The van der Waals surface area contributed by atoms with Crippen molar-refractivity contribution in [1.29, 1.82) is 0 Å². The SMILES string of the molecule is CC(C)=C(C#CC(OC(=O)c1ccccc1)=C(C)C)OC(=O)c1ccccc1. The molecule has 0 N–H and O–H groups in total. The number of hydrogen-bond donors (Lipinski definition) is 0. The summed E-state index contributed by atoms with van der Waals surface area (Å²) in [5, 5.41) is 0. The van der Waals surface area contributed by atoms with Crippen LogP contribution in [0.2, 0.25) is 0 Å². The first-order valence-electron chi connectivity index (χ1n) is 8.80. The Labute approximate surface area is 165 Å². The molecule has 0 bridgehead atoms. The number of benzene rings is 2. The second-order valence-corrected chi connectivity index (χ2v) is 6.42. The summed E-state index contributed by atoms with van der Waals surface area (Å²) in [6, 6.07) is 17.3. The van der Waals surface area contributed by atoms with E-state index < -0.39 is 11.9 Å². The highest BCUT2D eigenvalue weighted by Gasteiger charge is 2.12. The van der Waals surface area contributed by atoms with Crippen LogP contribution < -0.4 is 0 Å². The molecule has 142 valence electrons. The summed E-state index contributed by atoms with van der Waals surface area (Å²) in [5.74, 6) is 5.08. The lowest BCUT2D eigenvalue weighted by atomic mass is 10.2. The zero-order valence-corrected chi connectivity index (χ0v) is 16.4. The van der Waals surface area contributed by atoms with Crippen molar-refractivity contribution >= 4 is 11.9 Å². The minimum Gasteiger partial charge on any atom is -0.414 e. The van der Waals surface area contributed by atoms with Crippen molar-refractivity contribution in [3.63, 3.8) is 0 Å². The lowest BCUT2D eigenvalue weighted by Gasteiger charge is -2.07. The predicted molar refractivity (Wildman–Crippen MR) is 108 cm³/mol. The summed E-state index contributed by atoms with van der Waals surface area (Å²) < 4.78 is 10.8. The molecule has 0 saturated heterocycles. The fraction of sp³-hybridized carbons (Fsp3) is 0.167. The number of carbonyl (C=O) groups is 2. The molecule has 0 heterocycles. The Morgan fingerprint density at radius 2 is 0.929 bits per heavy atom. The standard InChI is InChI=1S/C24H22O4/c1-17(2)21(27-23(25)19-11-7-5-8-12-19)15-16-22(18(3)4)28-24(26)20-13-9-6-10-14-20/h5-14H,1-4H3. The summed E-state index contributed by atoms with van der Waals surface area (Å²) in [4.78, 5) is 24.6. The highest BCUT2D eigenvalue weighted by Crippen LogP contribution is 2.13. The Kier molecular flexibility index (Phi) is 7.36. The van der Waals surface area contributed by atoms with Crippen LogP contribution >= 0.6 is 0 Å². The zero-order valence-electron chi connectivity index (χ0n) is 16.4. The van der Waals surface area contributed by atoms with Crippen LogP contribution in [0.4, 0.5) is 0 Å². The van der Waals surface area contributed by atoms with Gasteiger partial charge in [0.2, 0.25) is 0 Å². The average Bonchev–Trinajstić information content (AvgIpc) is 2.70. The van der Waals surface area contributed by atoms with E-state index in [2.05, 4.69) is 11.8 Å². The molecule has 2 rings (SSSR count). The molecule has 4 heteroatoms. The van der Waals surface area contributed by atoms with Gasteiger partial charge < -0.3 is 9.47 Å². The van der Waals surface area contributed by atoms with Gasteiger partial charge in [0, 0.05) is 0 Å². The van der Waals surface area contributed by atoms with E-state index in [0.717, 1.165) is 11.1 Å². The zero-order chi connectivity index (χ0) is 20.5. The van der Waals surface area contributed by atoms with Crippen molar-refractivity contribution in [2.45, 2.75) is 27.7 Å². The van der Waals surface area contributed by atoms with Gasteiger partial charge in [0.1, 0.15) is 0 Å². The highest BCUT2D eigenvalue weighted by atomic mass is 16.5. The molecule has 0 aromatic heterocycles. The normalized spacial score (nSPS) is 9.43. The fourth-order valence-electron chi connectivity index (χ4n) is 2.07. The third-order valence-corrected chi connectivity index (χ3v) is 3.61. The van der Waals surface area contributed by atoms with Crippen LogP contribution in [0.25, 0.3) is 0 Å². The lowest BCUT2D eigenvalue weighted by molar-refractivity contribution is 0.0623. The van der Waals surface area contributed by atoms with E-state index in [0.29, 0.717) is 11.1 Å². The van der Waals surface area contributed by atoms with Crippen molar-refractivity contribution in [2.24, 2.45) is 0 Å². The van der Waals surface area contributed by atoms with Gasteiger partial charge in [0.15, 0.2) is 11.5 Å². The first kappa shape index (κ1) is 20.7. The Balaban J connectivity index is 2.20. The molecule has 28 heavy (non-hydrogen) atoms. The average molecular weight is 374 g/mol. The topological polar surface area (TPSA) is 52.6 Å². The van der Waals surface area contributed by atoms with Crippen LogP contribution in [0.5, 0.6) is 0 Å². The third-order valence-electron chi connectivity index (χ3n) is 3.61. The van der Waals surface area contributed by atoms with Crippen molar-refractivity contribution in [1.82, 2.24) is 0 Å². The number of rotatable bonds is 4. The molecule has 0 saturated carbocycles. The van der Waals surface area contributed by atoms with E-state index in [1.54, 1.807) is 76.2 Å². The largest absolute Gasteiger partial charge is 0.414 e. The fourth-order valence-corrected chi connectivity index (χ4v) is 2.07. The summed E-state index contributed by atoms with van der Waals surface area (Å²) in [6.07, 6.45) is 0. The maximum absolute atomic E-state index is 12.3. The maximum Gasteiger partial charge on any atom is 0.344 e. The molecule has 0 spiro atoms. The van der Waals surface area contributed by atoms with Crippen LogP contribution in [0.3, 0.4) is 0 Å². The van der Waals surface area contributed by atoms with Crippen LogP contribution in [-0.2, 0) is 9.47 Å². The van der Waals surface area contributed by atoms with Gasteiger partial charge in [0.25, 0.3) is 0 Å². The van der Waals surface area contributed by atoms with Gasteiger partial charge in [-0.3, -0.25) is 0 Å². The van der Waals surface area contributed by atoms with Gasteiger partial charge >= 0.3 is 11.9 Å². The predicted octanol–water partition coefficient (Wildman–Crippen LogP) is 5.29. The van der Waals surface area contributed by atoms with Crippen molar-refractivity contribution in [3.8, 4) is 11.8 Å². The second-order valence-electron chi connectivity index (χ2n) is 6.42. The van der Waals surface area contributed by atoms with Gasteiger partial charge in [-0.15, -0.1) is 0 Å². The van der Waals surface area contributed by atoms with Crippen molar-refractivity contribution in [2.75, 3.05) is 0 Å². The monoisotopic (exact) mass is 374 g/mol. The van der Waals surface area contributed by atoms with E-state index >= 15 is 0 Å². The Morgan fingerprint density at radius 3 is 1.21 bits per heavy atom. The van der Waals surface area contributed by atoms with Crippen molar-refractivity contribution in [3.05, 3.63) is 94.5 Å². The Bertz CT molecular complexity index is 884. The molecule has 0 atom stereocenters.